The average Bonchev–Trinajstić information content (AvgIpc) is 2.46. The molecule has 0 unspecified atom stereocenters. The van der Waals surface area contributed by atoms with Crippen LogP contribution in [0.15, 0.2) is 60.7 Å². The van der Waals surface area contributed by atoms with Gasteiger partial charge < -0.3 is 0 Å². The molecule has 0 radical (unpaired) electrons. The van der Waals surface area contributed by atoms with Crippen molar-refractivity contribution in [2.24, 2.45) is 5.92 Å². The largest absolute Gasteiger partial charge is 0.292 e. The summed E-state index contributed by atoms with van der Waals surface area (Å²) in [7, 11) is 0. The highest BCUT2D eigenvalue weighted by atomic mass is 15.2. The molecule has 0 bridgehead atoms. The third-order valence-electron chi connectivity index (χ3n) is 4.32. The molecule has 0 aromatic heterocycles. The maximum Gasteiger partial charge on any atom is 0.0240 e. The van der Waals surface area contributed by atoms with Gasteiger partial charge in [0, 0.05) is 19.1 Å². The van der Waals surface area contributed by atoms with Crippen LogP contribution in [-0.2, 0) is 13.1 Å². The van der Waals surface area contributed by atoms with Crippen molar-refractivity contribution < 1.29 is 0 Å². The maximum absolute atomic E-state index is 2.64. The van der Waals surface area contributed by atoms with E-state index in [0.29, 0.717) is 0 Å². The predicted octanol–water partition coefficient (Wildman–Crippen LogP) is 4.49. The second-order valence-electron chi connectivity index (χ2n) is 6.11. The maximum atomic E-state index is 2.64. The van der Waals surface area contributed by atoms with Gasteiger partial charge in [0.1, 0.15) is 0 Å². The first-order chi connectivity index (χ1) is 9.81. The monoisotopic (exact) mass is 265 g/mol. The number of rotatable bonds is 5. The molecular formula is C19H23N. The Balaban J connectivity index is 1.71. The molecule has 1 heteroatoms. The van der Waals surface area contributed by atoms with Gasteiger partial charge in [0.15, 0.2) is 0 Å². The van der Waals surface area contributed by atoms with Gasteiger partial charge in [-0.2, -0.15) is 0 Å². The van der Waals surface area contributed by atoms with E-state index in [1.807, 2.05) is 0 Å². The van der Waals surface area contributed by atoms with Gasteiger partial charge in [-0.15, -0.1) is 0 Å². The lowest BCUT2D eigenvalue weighted by molar-refractivity contribution is 0.0725. The normalized spacial score (nSPS) is 21.7. The van der Waals surface area contributed by atoms with Gasteiger partial charge in [0.05, 0.1) is 0 Å². The first-order valence-corrected chi connectivity index (χ1v) is 7.63. The molecular weight excluding hydrogens is 242 g/mol. The Labute approximate surface area is 122 Å². The smallest absolute Gasteiger partial charge is 0.0240 e. The molecule has 0 atom stereocenters. The first-order valence-electron chi connectivity index (χ1n) is 7.63. The Morgan fingerprint density at radius 3 is 1.65 bits per heavy atom. The molecule has 0 heterocycles. The lowest BCUT2D eigenvalue weighted by Gasteiger charge is -2.42. The zero-order chi connectivity index (χ0) is 13.8. The summed E-state index contributed by atoms with van der Waals surface area (Å²) in [5, 5.41) is 0. The van der Waals surface area contributed by atoms with Crippen LogP contribution in [0.1, 0.15) is 30.9 Å². The molecule has 2 aromatic rings. The second-order valence-corrected chi connectivity index (χ2v) is 6.11. The fourth-order valence-corrected chi connectivity index (χ4v) is 3.11. The summed E-state index contributed by atoms with van der Waals surface area (Å²) in [6.07, 6.45) is 2.69. The van der Waals surface area contributed by atoms with Crippen LogP contribution in [-0.4, -0.2) is 10.9 Å². The van der Waals surface area contributed by atoms with Gasteiger partial charge in [0.2, 0.25) is 0 Å². The highest BCUT2D eigenvalue weighted by Crippen LogP contribution is 2.33. The topological polar surface area (TPSA) is 3.24 Å². The highest BCUT2D eigenvalue weighted by molar-refractivity contribution is 5.17. The standard InChI is InChI=1S/C19H23N/c1-16-12-19(13-16)20(14-17-8-4-2-5-9-17)15-18-10-6-3-7-11-18/h2-11,16,19H,12-15H2,1H3/t16-,19+. The Morgan fingerprint density at radius 1 is 0.800 bits per heavy atom. The molecule has 1 fully saturated rings. The Bertz CT molecular complexity index is 472. The van der Waals surface area contributed by atoms with Crippen molar-refractivity contribution in [2.45, 2.75) is 38.9 Å². The molecule has 3 rings (SSSR count). The molecule has 1 aliphatic rings. The zero-order valence-electron chi connectivity index (χ0n) is 12.2. The van der Waals surface area contributed by atoms with Crippen LogP contribution in [0.5, 0.6) is 0 Å². The van der Waals surface area contributed by atoms with Crippen molar-refractivity contribution in [3.8, 4) is 0 Å². The molecule has 2 aromatic carbocycles. The van der Waals surface area contributed by atoms with E-state index < -0.39 is 0 Å². The minimum Gasteiger partial charge on any atom is -0.292 e. The highest BCUT2D eigenvalue weighted by Gasteiger charge is 2.30. The third-order valence-corrected chi connectivity index (χ3v) is 4.32. The van der Waals surface area contributed by atoms with E-state index in [1.165, 1.54) is 24.0 Å². The lowest BCUT2D eigenvalue weighted by Crippen LogP contribution is -2.43. The van der Waals surface area contributed by atoms with Gasteiger partial charge in [-0.05, 0) is 29.9 Å². The van der Waals surface area contributed by atoms with E-state index >= 15 is 0 Å². The van der Waals surface area contributed by atoms with Crippen molar-refractivity contribution in [1.82, 2.24) is 4.90 Å². The van der Waals surface area contributed by atoms with Crippen LogP contribution in [0.2, 0.25) is 0 Å². The van der Waals surface area contributed by atoms with Crippen molar-refractivity contribution in [3.63, 3.8) is 0 Å². The summed E-state index contributed by atoms with van der Waals surface area (Å²) < 4.78 is 0. The van der Waals surface area contributed by atoms with Gasteiger partial charge in [-0.25, -0.2) is 0 Å². The second kappa shape index (κ2) is 6.23. The SMILES string of the molecule is C[C@H]1C[C@@H](N(Cc2ccccc2)Cc2ccccc2)C1. The van der Waals surface area contributed by atoms with E-state index in [1.54, 1.807) is 0 Å². The van der Waals surface area contributed by atoms with Crippen molar-refractivity contribution in [3.05, 3.63) is 71.8 Å². The third kappa shape index (κ3) is 3.29. The van der Waals surface area contributed by atoms with Crippen LogP contribution in [0.3, 0.4) is 0 Å². The number of hydrogen-bond donors (Lipinski definition) is 0. The average molecular weight is 265 g/mol. The molecule has 1 aliphatic carbocycles. The molecule has 0 aliphatic heterocycles. The molecule has 1 nitrogen and oxygen atoms in total. The van der Waals surface area contributed by atoms with Gasteiger partial charge in [-0.1, -0.05) is 67.6 Å². The predicted molar refractivity (Wildman–Crippen MR) is 84.3 cm³/mol. The Morgan fingerprint density at radius 2 is 1.25 bits per heavy atom. The summed E-state index contributed by atoms with van der Waals surface area (Å²) in [5.74, 6) is 0.897. The molecule has 0 saturated heterocycles. The summed E-state index contributed by atoms with van der Waals surface area (Å²) in [6, 6.07) is 22.4. The molecule has 1 saturated carbocycles. The van der Waals surface area contributed by atoms with Crippen LogP contribution in [0, 0.1) is 5.92 Å². The summed E-state index contributed by atoms with van der Waals surface area (Å²) in [5.41, 5.74) is 2.84. The number of nitrogens with zero attached hydrogens (tertiary/aromatic N) is 1. The van der Waals surface area contributed by atoms with E-state index in [2.05, 4.69) is 72.5 Å². The van der Waals surface area contributed by atoms with Crippen molar-refractivity contribution >= 4 is 0 Å². The van der Waals surface area contributed by atoms with Crippen LogP contribution in [0.25, 0.3) is 0 Å². The number of hydrogen-bond acceptors (Lipinski definition) is 1. The van der Waals surface area contributed by atoms with E-state index in [9.17, 15) is 0 Å². The fraction of sp³-hybridized carbons (Fsp3) is 0.368. The summed E-state index contributed by atoms with van der Waals surface area (Å²) in [4.78, 5) is 2.64. The first kappa shape index (κ1) is 13.4. The van der Waals surface area contributed by atoms with Crippen LogP contribution in [0.4, 0.5) is 0 Å². The van der Waals surface area contributed by atoms with Gasteiger partial charge in [0.25, 0.3) is 0 Å². The van der Waals surface area contributed by atoms with Gasteiger partial charge in [-0.3, -0.25) is 4.90 Å². The van der Waals surface area contributed by atoms with E-state index in [0.717, 1.165) is 25.0 Å². The van der Waals surface area contributed by atoms with Crippen molar-refractivity contribution in [2.75, 3.05) is 0 Å². The molecule has 20 heavy (non-hydrogen) atoms. The Kier molecular flexibility index (Phi) is 4.17. The molecule has 0 N–H and O–H groups in total. The Hall–Kier alpha value is -1.60. The van der Waals surface area contributed by atoms with E-state index in [-0.39, 0.29) is 0 Å². The zero-order valence-corrected chi connectivity index (χ0v) is 12.2. The van der Waals surface area contributed by atoms with E-state index in [4.69, 9.17) is 0 Å². The van der Waals surface area contributed by atoms with Gasteiger partial charge >= 0.3 is 0 Å². The summed E-state index contributed by atoms with van der Waals surface area (Å²) >= 11 is 0. The van der Waals surface area contributed by atoms with Crippen LogP contribution < -0.4 is 0 Å². The molecule has 0 amide bonds. The van der Waals surface area contributed by atoms with Crippen molar-refractivity contribution in [1.29, 1.82) is 0 Å². The fourth-order valence-electron chi connectivity index (χ4n) is 3.11. The molecule has 0 spiro atoms. The quantitative estimate of drug-likeness (QED) is 0.770. The lowest BCUT2D eigenvalue weighted by atomic mass is 9.80. The summed E-state index contributed by atoms with van der Waals surface area (Å²) in [6.45, 7) is 4.49. The minimum atomic E-state index is 0.755. The minimum absolute atomic E-state index is 0.755. The number of benzene rings is 2. The molecule has 104 valence electrons. The van der Waals surface area contributed by atoms with Crippen LogP contribution >= 0.6 is 0 Å².